The van der Waals surface area contributed by atoms with E-state index in [2.05, 4.69) is 6.08 Å². The van der Waals surface area contributed by atoms with Crippen molar-refractivity contribution in [3.8, 4) is 0 Å². The molecule has 2 aliphatic heterocycles. The first-order chi connectivity index (χ1) is 7.34. The number of hydrogen-bond acceptors (Lipinski definition) is 4. The summed E-state index contributed by atoms with van der Waals surface area (Å²) in [6, 6.07) is 0. The Balaban J connectivity index is 1.96. The van der Waals surface area contributed by atoms with Gasteiger partial charge in [0.1, 0.15) is 6.10 Å². The molecule has 0 aliphatic carbocycles. The van der Waals surface area contributed by atoms with E-state index in [9.17, 15) is 5.21 Å². The van der Waals surface area contributed by atoms with Crippen LogP contribution in [-0.4, -0.2) is 47.3 Å². The minimum atomic E-state index is -0.353. The summed E-state index contributed by atoms with van der Waals surface area (Å²) in [5, 5.41) is 11.5. The van der Waals surface area contributed by atoms with E-state index in [1.165, 1.54) is 5.06 Å². The molecule has 1 unspecified atom stereocenters. The van der Waals surface area contributed by atoms with Crippen molar-refractivity contribution in [3.05, 3.63) is 11.6 Å². The number of nitrogens with zero attached hydrogens (tertiary/aromatic N) is 1. The van der Waals surface area contributed by atoms with Crippen LogP contribution in [0.3, 0.4) is 0 Å². The summed E-state index contributed by atoms with van der Waals surface area (Å²) in [6.07, 6.45) is 2.38. The fourth-order valence-corrected chi connectivity index (χ4v) is 2.20. The van der Waals surface area contributed by atoms with Gasteiger partial charge in [-0.1, -0.05) is 6.08 Å². The summed E-state index contributed by atoms with van der Waals surface area (Å²) in [5.74, 6) is 0. The molecule has 0 spiro atoms. The Kier molecular flexibility index (Phi) is 2.87. The van der Waals surface area contributed by atoms with Crippen molar-refractivity contribution in [2.45, 2.75) is 44.9 Å². The van der Waals surface area contributed by atoms with E-state index in [1.807, 2.05) is 27.7 Å². The average molecular weight is 227 g/mol. The van der Waals surface area contributed by atoms with Gasteiger partial charge in [-0.25, -0.2) is 0 Å². The van der Waals surface area contributed by atoms with Crippen LogP contribution >= 0.6 is 0 Å². The van der Waals surface area contributed by atoms with Crippen LogP contribution in [0.25, 0.3) is 0 Å². The molecule has 2 heterocycles. The summed E-state index contributed by atoms with van der Waals surface area (Å²) in [6.45, 7) is 10.0. The number of epoxide rings is 1. The smallest absolute Gasteiger partial charge is 0.104 e. The van der Waals surface area contributed by atoms with Gasteiger partial charge in [-0.05, 0) is 33.3 Å². The van der Waals surface area contributed by atoms with Crippen LogP contribution in [0.2, 0.25) is 0 Å². The highest BCUT2D eigenvalue weighted by molar-refractivity contribution is 5.29. The third-order valence-electron chi connectivity index (χ3n) is 3.35. The van der Waals surface area contributed by atoms with Crippen molar-refractivity contribution < 1.29 is 14.7 Å². The third-order valence-corrected chi connectivity index (χ3v) is 3.35. The lowest BCUT2D eigenvalue weighted by Gasteiger charge is -2.36. The molecule has 1 N–H and O–H groups in total. The molecule has 0 aromatic rings. The third kappa shape index (κ3) is 2.15. The topological polar surface area (TPSA) is 45.2 Å². The molecule has 92 valence electrons. The molecule has 2 aliphatic rings. The second-order valence-corrected chi connectivity index (χ2v) is 5.66. The van der Waals surface area contributed by atoms with Crippen LogP contribution in [0, 0.1) is 0 Å². The zero-order valence-electron chi connectivity index (χ0n) is 10.5. The highest BCUT2D eigenvalue weighted by atomic mass is 16.6. The van der Waals surface area contributed by atoms with E-state index in [0.29, 0.717) is 19.3 Å². The molecule has 2 rings (SSSR count). The summed E-state index contributed by atoms with van der Waals surface area (Å²) in [5.41, 5.74) is 0.451. The van der Waals surface area contributed by atoms with Crippen LogP contribution in [-0.2, 0) is 9.47 Å². The van der Waals surface area contributed by atoms with Gasteiger partial charge in [-0.3, -0.25) is 0 Å². The largest absolute Gasteiger partial charge is 0.374 e. The molecule has 0 aromatic heterocycles. The maximum atomic E-state index is 10.1. The zero-order chi connectivity index (χ0) is 12.0. The predicted octanol–water partition coefficient (Wildman–Crippen LogP) is 1.59. The minimum Gasteiger partial charge on any atom is -0.374 e. The Hall–Kier alpha value is -0.420. The second kappa shape index (κ2) is 3.81. The fourth-order valence-electron chi connectivity index (χ4n) is 2.20. The lowest BCUT2D eigenvalue weighted by atomic mass is 9.97. The normalized spacial score (nSPS) is 31.6. The second-order valence-electron chi connectivity index (χ2n) is 5.66. The maximum Gasteiger partial charge on any atom is 0.104 e. The minimum absolute atomic E-state index is 0.295. The van der Waals surface area contributed by atoms with Gasteiger partial charge in [0.05, 0.1) is 30.9 Å². The Morgan fingerprint density at radius 1 is 1.50 bits per heavy atom. The van der Waals surface area contributed by atoms with Gasteiger partial charge in [0, 0.05) is 0 Å². The molecule has 16 heavy (non-hydrogen) atoms. The van der Waals surface area contributed by atoms with E-state index in [-0.39, 0.29) is 11.1 Å². The molecule has 1 saturated heterocycles. The van der Waals surface area contributed by atoms with Gasteiger partial charge in [-0.15, -0.1) is 0 Å². The van der Waals surface area contributed by atoms with Crippen molar-refractivity contribution in [3.63, 3.8) is 0 Å². The lowest BCUT2D eigenvalue weighted by molar-refractivity contribution is -0.186. The Labute approximate surface area is 96.8 Å². The molecule has 1 atom stereocenters. The first-order valence-electron chi connectivity index (χ1n) is 5.75. The molecule has 4 heteroatoms. The summed E-state index contributed by atoms with van der Waals surface area (Å²) >= 11 is 0. The molecule has 0 bridgehead atoms. The number of hydroxylamine groups is 2. The lowest BCUT2D eigenvalue weighted by Crippen LogP contribution is -2.48. The van der Waals surface area contributed by atoms with Crippen LogP contribution in [0.15, 0.2) is 11.6 Å². The van der Waals surface area contributed by atoms with Gasteiger partial charge in [0.2, 0.25) is 0 Å². The van der Waals surface area contributed by atoms with Crippen LogP contribution in [0.4, 0.5) is 0 Å². The van der Waals surface area contributed by atoms with Crippen LogP contribution < -0.4 is 0 Å². The quantitative estimate of drug-likeness (QED) is 0.585. The summed E-state index contributed by atoms with van der Waals surface area (Å²) in [7, 11) is 0. The standard InChI is InChI=1S/C12H21NO3/c1-11(2)5-9(12(3,4)13(11)14)6-15-7-10-8-16-10/h5,10,14H,6-8H2,1-4H3. The molecule has 0 amide bonds. The molecule has 0 saturated carbocycles. The Bertz CT molecular complexity index is 305. The van der Waals surface area contributed by atoms with E-state index in [4.69, 9.17) is 9.47 Å². The van der Waals surface area contributed by atoms with Gasteiger partial charge in [-0.2, -0.15) is 5.06 Å². The zero-order valence-corrected chi connectivity index (χ0v) is 10.5. The molecule has 0 aromatic carbocycles. The number of ether oxygens (including phenoxy) is 2. The maximum absolute atomic E-state index is 10.1. The monoisotopic (exact) mass is 227 g/mol. The predicted molar refractivity (Wildman–Crippen MR) is 60.4 cm³/mol. The van der Waals surface area contributed by atoms with Crippen molar-refractivity contribution in [2.75, 3.05) is 19.8 Å². The number of hydrogen-bond donors (Lipinski definition) is 1. The van der Waals surface area contributed by atoms with E-state index in [1.54, 1.807) is 0 Å². The summed E-state index contributed by atoms with van der Waals surface area (Å²) < 4.78 is 10.7. The first-order valence-corrected chi connectivity index (χ1v) is 5.75. The van der Waals surface area contributed by atoms with Gasteiger partial charge >= 0.3 is 0 Å². The van der Waals surface area contributed by atoms with Crippen molar-refractivity contribution >= 4 is 0 Å². The average Bonchev–Trinajstić information content (AvgIpc) is 2.95. The Morgan fingerprint density at radius 2 is 2.12 bits per heavy atom. The van der Waals surface area contributed by atoms with Crippen LogP contribution in [0.1, 0.15) is 27.7 Å². The van der Waals surface area contributed by atoms with E-state index in [0.717, 1.165) is 12.2 Å². The SMILES string of the molecule is CC1(C)C=C(COCC2CO2)C(C)(C)N1O. The van der Waals surface area contributed by atoms with Crippen molar-refractivity contribution in [1.82, 2.24) is 5.06 Å². The summed E-state index contributed by atoms with van der Waals surface area (Å²) in [4.78, 5) is 0. The first kappa shape index (κ1) is 12.0. The molecular formula is C12H21NO3. The van der Waals surface area contributed by atoms with Crippen molar-refractivity contribution in [2.24, 2.45) is 0 Å². The highest BCUT2D eigenvalue weighted by Gasteiger charge is 2.45. The van der Waals surface area contributed by atoms with E-state index >= 15 is 0 Å². The van der Waals surface area contributed by atoms with Gasteiger partial charge in [0.15, 0.2) is 0 Å². The molecule has 4 nitrogen and oxygen atoms in total. The molecule has 1 fully saturated rings. The van der Waals surface area contributed by atoms with E-state index < -0.39 is 0 Å². The van der Waals surface area contributed by atoms with Crippen molar-refractivity contribution in [1.29, 1.82) is 0 Å². The molecule has 0 radical (unpaired) electrons. The van der Waals surface area contributed by atoms with Gasteiger partial charge in [0.25, 0.3) is 0 Å². The Morgan fingerprint density at radius 3 is 2.56 bits per heavy atom. The fraction of sp³-hybridized carbons (Fsp3) is 0.833. The highest BCUT2D eigenvalue weighted by Crippen LogP contribution is 2.38. The van der Waals surface area contributed by atoms with Gasteiger partial charge < -0.3 is 14.7 Å². The number of rotatable bonds is 4. The molecular weight excluding hydrogens is 206 g/mol. The van der Waals surface area contributed by atoms with Crippen LogP contribution in [0.5, 0.6) is 0 Å².